The first-order valence-corrected chi connectivity index (χ1v) is 8.14. The molecule has 1 N–H and O–H groups in total. The van der Waals surface area contributed by atoms with Crippen LogP contribution in [-0.4, -0.2) is 32.2 Å². The van der Waals surface area contributed by atoms with E-state index in [1.807, 2.05) is 24.3 Å². The van der Waals surface area contributed by atoms with Gasteiger partial charge in [0.1, 0.15) is 0 Å². The van der Waals surface area contributed by atoms with Crippen molar-refractivity contribution in [1.29, 1.82) is 0 Å². The van der Waals surface area contributed by atoms with Crippen molar-refractivity contribution in [2.24, 2.45) is 0 Å². The number of Topliss-reactive ketones (excluding diaryl/α,β-unsaturated/α-hetero) is 1. The zero-order chi connectivity index (χ0) is 18.4. The predicted molar refractivity (Wildman–Crippen MR) is 95.8 cm³/mol. The smallest absolute Gasteiger partial charge is 0.204 e. The summed E-state index contributed by atoms with van der Waals surface area (Å²) in [5, 5.41) is 10.4. The summed E-state index contributed by atoms with van der Waals surface area (Å²) < 4.78 is 15.9. The normalized spacial score (nSPS) is 11.7. The van der Waals surface area contributed by atoms with Crippen molar-refractivity contribution in [3.63, 3.8) is 0 Å². The average Bonchev–Trinajstić information content (AvgIpc) is 2.66. The Morgan fingerprint density at radius 3 is 2.12 bits per heavy atom. The number of methoxy groups -OCH3 is 3. The molecule has 0 aliphatic carbocycles. The fraction of sp³-hybridized carbons (Fsp3) is 0.350. The lowest BCUT2D eigenvalue weighted by Gasteiger charge is -2.16. The van der Waals surface area contributed by atoms with E-state index >= 15 is 0 Å². The summed E-state index contributed by atoms with van der Waals surface area (Å²) in [6.07, 6.45) is 0.00588. The molecule has 0 aliphatic rings. The van der Waals surface area contributed by atoms with Gasteiger partial charge in [0.25, 0.3) is 0 Å². The van der Waals surface area contributed by atoms with Crippen LogP contribution in [-0.2, 0) is 6.42 Å². The number of rotatable bonds is 8. The minimum atomic E-state index is -0.879. The summed E-state index contributed by atoms with van der Waals surface area (Å²) in [5.74, 6) is 0.912. The zero-order valence-corrected chi connectivity index (χ0v) is 15.0. The molecule has 0 heterocycles. The summed E-state index contributed by atoms with van der Waals surface area (Å²) in [7, 11) is 4.47. The molecular weight excluding hydrogens is 320 g/mol. The molecule has 0 saturated heterocycles. The summed E-state index contributed by atoms with van der Waals surface area (Å²) in [4.78, 5) is 12.7. The third kappa shape index (κ3) is 4.12. The van der Waals surface area contributed by atoms with Gasteiger partial charge in [-0.15, -0.1) is 0 Å². The molecular formula is C20H24O5. The number of aliphatic hydroxyl groups is 1. The van der Waals surface area contributed by atoms with Crippen LogP contribution in [0.2, 0.25) is 0 Å². The second-order valence-electron chi connectivity index (χ2n) is 5.62. The Kier molecular flexibility index (Phi) is 6.42. The van der Waals surface area contributed by atoms with Crippen LogP contribution < -0.4 is 14.2 Å². The van der Waals surface area contributed by atoms with Crippen LogP contribution in [0.15, 0.2) is 36.4 Å². The van der Waals surface area contributed by atoms with Crippen LogP contribution in [0.4, 0.5) is 0 Å². The molecule has 0 radical (unpaired) electrons. The summed E-state index contributed by atoms with van der Waals surface area (Å²) >= 11 is 0. The van der Waals surface area contributed by atoms with Gasteiger partial charge in [-0.05, 0) is 29.7 Å². The predicted octanol–water partition coefficient (Wildman–Crippen LogP) is 3.58. The van der Waals surface area contributed by atoms with E-state index in [9.17, 15) is 9.90 Å². The number of benzene rings is 2. The molecule has 0 saturated carbocycles. The van der Waals surface area contributed by atoms with Crippen LogP contribution in [0.1, 0.15) is 40.9 Å². The van der Waals surface area contributed by atoms with E-state index in [0.29, 0.717) is 28.4 Å². The van der Waals surface area contributed by atoms with Crippen molar-refractivity contribution < 1.29 is 24.1 Å². The Balaban J connectivity index is 2.24. The van der Waals surface area contributed by atoms with Crippen molar-refractivity contribution in [3.8, 4) is 17.2 Å². The standard InChI is InChI=1S/C20H24O5/c1-5-13-6-8-14(9-7-13)16(21)12-17(22)15-10-11-18(23-2)20(25-4)19(15)24-3/h6-11,16,21H,5,12H2,1-4H3. The SMILES string of the molecule is CCc1ccc(C(O)CC(=O)c2ccc(OC)c(OC)c2OC)cc1. The average molecular weight is 344 g/mol. The van der Waals surface area contributed by atoms with Crippen molar-refractivity contribution >= 4 is 5.78 Å². The van der Waals surface area contributed by atoms with Crippen LogP contribution >= 0.6 is 0 Å². The minimum absolute atomic E-state index is 0.0443. The highest BCUT2D eigenvalue weighted by Crippen LogP contribution is 2.40. The van der Waals surface area contributed by atoms with Gasteiger partial charge in [-0.3, -0.25) is 4.79 Å². The van der Waals surface area contributed by atoms with Gasteiger partial charge in [0.2, 0.25) is 5.75 Å². The molecule has 0 fully saturated rings. The Morgan fingerprint density at radius 2 is 1.60 bits per heavy atom. The van der Waals surface area contributed by atoms with Crippen LogP contribution in [0.3, 0.4) is 0 Å². The van der Waals surface area contributed by atoms with Crippen molar-refractivity contribution in [3.05, 3.63) is 53.1 Å². The van der Waals surface area contributed by atoms with Gasteiger partial charge in [-0.25, -0.2) is 0 Å². The molecule has 2 aromatic carbocycles. The summed E-state index contributed by atoms with van der Waals surface area (Å²) in [6.45, 7) is 2.07. The number of carbonyl (C=O) groups is 1. The molecule has 0 aromatic heterocycles. The Morgan fingerprint density at radius 1 is 0.960 bits per heavy atom. The molecule has 25 heavy (non-hydrogen) atoms. The fourth-order valence-corrected chi connectivity index (χ4v) is 2.70. The monoisotopic (exact) mass is 344 g/mol. The van der Waals surface area contributed by atoms with Gasteiger partial charge in [0, 0.05) is 6.42 Å². The molecule has 1 atom stereocenters. The van der Waals surface area contributed by atoms with Crippen LogP contribution in [0.25, 0.3) is 0 Å². The number of ketones is 1. The van der Waals surface area contributed by atoms with Gasteiger partial charge in [0.05, 0.1) is 33.0 Å². The first-order chi connectivity index (χ1) is 12.0. The van der Waals surface area contributed by atoms with Crippen LogP contribution in [0, 0.1) is 0 Å². The number of hydrogen-bond acceptors (Lipinski definition) is 5. The largest absolute Gasteiger partial charge is 0.493 e. The molecule has 0 bridgehead atoms. The molecule has 0 aliphatic heterocycles. The molecule has 5 nitrogen and oxygen atoms in total. The van der Waals surface area contributed by atoms with Crippen molar-refractivity contribution in [2.45, 2.75) is 25.9 Å². The summed E-state index contributed by atoms with van der Waals surface area (Å²) in [5.41, 5.74) is 2.25. The third-order valence-electron chi connectivity index (χ3n) is 4.16. The van der Waals surface area contributed by atoms with Crippen molar-refractivity contribution in [1.82, 2.24) is 0 Å². The number of aliphatic hydroxyl groups excluding tert-OH is 1. The number of ether oxygens (including phenoxy) is 3. The zero-order valence-electron chi connectivity index (χ0n) is 15.0. The van der Waals surface area contributed by atoms with Gasteiger partial charge in [-0.2, -0.15) is 0 Å². The van der Waals surface area contributed by atoms with E-state index in [2.05, 4.69) is 6.92 Å². The van der Waals surface area contributed by atoms with E-state index in [4.69, 9.17) is 14.2 Å². The number of carbonyl (C=O) groups excluding carboxylic acids is 1. The van der Waals surface area contributed by atoms with Gasteiger partial charge in [-0.1, -0.05) is 31.2 Å². The lowest BCUT2D eigenvalue weighted by atomic mass is 9.98. The highest BCUT2D eigenvalue weighted by Gasteiger charge is 2.23. The second-order valence-corrected chi connectivity index (χ2v) is 5.62. The van der Waals surface area contributed by atoms with E-state index in [0.717, 1.165) is 6.42 Å². The molecule has 5 heteroatoms. The highest BCUT2D eigenvalue weighted by molar-refractivity contribution is 6.00. The topological polar surface area (TPSA) is 65.0 Å². The maximum absolute atomic E-state index is 12.7. The molecule has 0 amide bonds. The highest BCUT2D eigenvalue weighted by atomic mass is 16.5. The van der Waals surface area contributed by atoms with Gasteiger partial charge < -0.3 is 19.3 Å². The van der Waals surface area contributed by atoms with Gasteiger partial charge in [0.15, 0.2) is 17.3 Å². The first kappa shape index (κ1) is 18.8. The Hall–Kier alpha value is -2.53. The van der Waals surface area contributed by atoms with E-state index in [-0.39, 0.29) is 12.2 Å². The van der Waals surface area contributed by atoms with Crippen LogP contribution in [0.5, 0.6) is 17.2 Å². The molecule has 2 rings (SSSR count). The Bertz CT molecular complexity index is 722. The van der Waals surface area contributed by atoms with E-state index in [1.165, 1.54) is 26.9 Å². The fourth-order valence-electron chi connectivity index (χ4n) is 2.70. The molecule has 1 unspecified atom stereocenters. The van der Waals surface area contributed by atoms with E-state index < -0.39 is 6.10 Å². The Labute approximate surface area is 148 Å². The quantitative estimate of drug-likeness (QED) is 0.742. The van der Waals surface area contributed by atoms with Crippen molar-refractivity contribution in [2.75, 3.05) is 21.3 Å². The lowest BCUT2D eigenvalue weighted by Crippen LogP contribution is -2.09. The molecule has 0 spiro atoms. The third-order valence-corrected chi connectivity index (χ3v) is 4.16. The number of hydrogen-bond donors (Lipinski definition) is 1. The summed E-state index contributed by atoms with van der Waals surface area (Å²) in [6, 6.07) is 10.9. The lowest BCUT2D eigenvalue weighted by molar-refractivity contribution is 0.0876. The molecule has 134 valence electrons. The maximum atomic E-state index is 12.7. The second kappa shape index (κ2) is 8.53. The first-order valence-electron chi connectivity index (χ1n) is 8.14. The molecule has 2 aromatic rings. The maximum Gasteiger partial charge on any atom is 0.204 e. The van der Waals surface area contributed by atoms with Gasteiger partial charge >= 0.3 is 0 Å². The number of aryl methyl sites for hydroxylation is 1. The van der Waals surface area contributed by atoms with E-state index in [1.54, 1.807) is 12.1 Å². The minimum Gasteiger partial charge on any atom is -0.493 e.